The Labute approximate surface area is 118 Å². The summed E-state index contributed by atoms with van der Waals surface area (Å²) in [5.41, 5.74) is 1.01. The zero-order valence-corrected chi connectivity index (χ0v) is 12.0. The number of rotatable bonds is 5. The summed E-state index contributed by atoms with van der Waals surface area (Å²) in [5.74, 6) is 0.525. The second-order valence-corrected chi connectivity index (χ2v) is 5.13. The number of pyridine rings is 1. The van der Waals surface area contributed by atoms with Gasteiger partial charge in [-0.15, -0.1) is 0 Å². The molecule has 1 N–H and O–H groups in total. The number of non-ortho nitro benzene ring substituents is 1. The number of aromatic nitrogens is 1. The Morgan fingerprint density at radius 2 is 2.05 bits per heavy atom. The largest absolute Gasteiger partial charge is 0.382 e. The summed E-state index contributed by atoms with van der Waals surface area (Å²) in [5, 5.41) is 15.9. The van der Waals surface area contributed by atoms with Crippen LogP contribution in [0.4, 0.5) is 11.4 Å². The number of nitrogens with one attached hydrogen (secondary N) is 1. The molecule has 0 spiro atoms. The van der Waals surface area contributed by atoms with Crippen molar-refractivity contribution >= 4 is 22.1 Å². The summed E-state index contributed by atoms with van der Waals surface area (Å²) >= 11 is 0. The summed E-state index contributed by atoms with van der Waals surface area (Å²) in [6.07, 6.45) is 4.34. The summed E-state index contributed by atoms with van der Waals surface area (Å²) in [4.78, 5) is 14.8. The fourth-order valence-electron chi connectivity index (χ4n) is 2.20. The average molecular weight is 273 g/mol. The van der Waals surface area contributed by atoms with Crippen molar-refractivity contribution < 1.29 is 4.92 Å². The standard InChI is InChI=1S/C15H19N3O2/c1-4-10(2)11(3)17-14-5-6-15(18(19)20)12-7-8-16-9-13(12)14/h5-11,17H,4H2,1-3H3. The van der Waals surface area contributed by atoms with Crippen molar-refractivity contribution in [3.05, 3.63) is 40.7 Å². The Morgan fingerprint density at radius 1 is 1.30 bits per heavy atom. The van der Waals surface area contributed by atoms with Gasteiger partial charge in [-0.3, -0.25) is 15.1 Å². The van der Waals surface area contributed by atoms with Crippen LogP contribution in [0.2, 0.25) is 0 Å². The van der Waals surface area contributed by atoms with Gasteiger partial charge >= 0.3 is 0 Å². The Bertz CT molecular complexity index is 628. The van der Waals surface area contributed by atoms with E-state index in [0.717, 1.165) is 17.5 Å². The highest BCUT2D eigenvalue weighted by atomic mass is 16.6. The van der Waals surface area contributed by atoms with Gasteiger partial charge in [0.1, 0.15) is 0 Å². The van der Waals surface area contributed by atoms with E-state index in [9.17, 15) is 10.1 Å². The van der Waals surface area contributed by atoms with E-state index in [1.54, 1.807) is 30.6 Å². The van der Waals surface area contributed by atoms with Crippen LogP contribution in [-0.2, 0) is 0 Å². The van der Waals surface area contributed by atoms with Gasteiger partial charge in [-0.1, -0.05) is 20.3 Å². The molecule has 1 aromatic heterocycles. The molecule has 0 saturated carbocycles. The molecule has 2 aromatic rings. The molecule has 2 atom stereocenters. The zero-order valence-electron chi connectivity index (χ0n) is 12.0. The lowest BCUT2D eigenvalue weighted by molar-refractivity contribution is -0.383. The molecular formula is C15H19N3O2. The molecule has 5 heteroatoms. The third kappa shape index (κ3) is 2.71. The second-order valence-electron chi connectivity index (χ2n) is 5.13. The van der Waals surface area contributed by atoms with Gasteiger partial charge in [0, 0.05) is 35.6 Å². The first-order valence-corrected chi connectivity index (χ1v) is 6.82. The highest BCUT2D eigenvalue weighted by molar-refractivity contribution is 5.99. The Morgan fingerprint density at radius 3 is 2.70 bits per heavy atom. The van der Waals surface area contributed by atoms with Gasteiger partial charge in [0.05, 0.1) is 10.3 Å². The van der Waals surface area contributed by atoms with E-state index >= 15 is 0 Å². The van der Waals surface area contributed by atoms with Crippen LogP contribution in [0.5, 0.6) is 0 Å². The average Bonchev–Trinajstić information content (AvgIpc) is 2.46. The van der Waals surface area contributed by atoms with Crippen LogP contribution in [0, 0.1) is 16.0 Å². The van der Waals surface area contributed by atoms with Crippen molar-refractivity contribution in [3.8, 4) is 0 Å². The van der Waals surface area contributed by atoms with Crippen LogP contribution in [0.3, 0.4) is 0 Å². The molecule has 0 saturated heterocycles. The smallest absolute Gasteiger partial charge is 0.277 e. The SMILES string of the molecule is CCC(C)C(C)Nc1ccc([N+](=O)[O-])c2ccncc12. The van der Waals surface area contributed by atoms with Gasteiger partial charge < -0.3 is 5.32 Å². The van der Waals surface area contributed by atoms with E-state index in [1.165, 1.54) is 0 Å². The molecular weight excluding hydrogens is 254 g/mol. The topological polar surface area (TPSA) is 68.1 Å². The maximum absolute atomic E-state index is 11.1. The normalized spacial score (nSPS) is 13.9. The van der Waals surface area contributed by atoms with Gasteiger partial charge in [0.15, 0.2) is 0 Å². The first-order chi connectivity index (χ1) is 9.54. The van der Waals surface area contributed by atoms with Crippen LogP contribution < -0.4 is 5.32 Å². The Hall–Kier alpha value is -2.17. The minimum absolute atomic E-state index is 0.115. The number of nitro groups is 1. The van der Waals surface area contributed by atoms with Crippen LogP contribution in [0.25, 0.3) is 10.8 Å². The summed E-state index contributed by atoms with van der Waals surface area (Å²) in [6.45, 7) is 6.46. The number of anilines is 1. The molecule has 0 aliphatic rings. The predicted octanol–water partition coefficient (Wildman–Crippen LogP) is 3.99. The number of benzene rings is 1. The number of hydrogen-bond acceptors (Lipinski definition) is 4. The zero-order chi connectivity index (χ0) is 14.7. The quantitative estimate of drug-likeness (QED) is 0.660. The lowest BCUT2D eigenvalue weighted by Gasteiger charge is -2.22. The molecule has 20 heavy (non-hydrogen) atoms. The van der Waals surface area contributed by atoms with Crippen molar-refractivity contribution in [2.24, 2.45) is 5.92 Å². The third-order valence-electron chi connectivity index (χ3n) is 3.87. The van der Waals surface area contributed by atoms with Gasteiger partial charge in [-0.05, 0) is 25.0 Å². The minimum atomic E-state index is -0.357. The molecule has 1 heterocycles. The lowest BCUT2D eigenvalue weighted by atomic mass is 10.00. The molecule has 5 nitrogen and oxygen atoms in total. The molecule has 106 valence electrons. The van der Waals surface area contributed by atoms with E-state index < -0.39 is 0 Å². The van der Waals surface area contributed by atoms with Crippen molar-refractivity contribution in [1.82, 2.24) is 4.98 Å². The molecule has 0 aliphatic carbocycles. The fourth-order valence-corrected chi connectivity index (χ4v) is 2.20. The Balaban J connectivity index is 2.46. The number of fused-ring (bicyclic) bond motifs is 1. The van der Waals surface area contributed by atoms with Crippen LogP contribution >= 0.6 is 0 Å². The summed E-state index contributed by atoms with van der Waals surface area (Å²) < 4.78 is 0. The fraction of sp³-hybridized carbons (Fsp3) is 0.400. The van der Waals surface area contributed by atoms with Crippen molar-refractivity contribution in [2.75, 3.05) is 5.32 Å². The van der Waals surface area contributed by atoms with Crippen LogP contribution in [0.1, 0.15) is 27.2 Å². The van der Waals surface area contributed by atoms with E-state index in [4.69, 9.17) is 0 Å². The van der Waals surface area contributed by atoms with Crippen molar-refractivity contribution in [3.63, 3.8) is 0 Å². The lowest BCUT2D eigenvalue weighted by Crippen LogP contribution is -2.23. The third-order valence-corrected chi connectivity index (χ3v) is 3.87. The van der Waals surface area contributed by atoms with Crippen LogP contribution in [0.15, 0.2) is 30.6 Å². The van der Waals surface area contributed by atoms with Crippen molar-refractivity contribution in [2.45, 2.75) is 33.2 Å². The van der Waals surface area contributed by atoms with Gasteiger partial charge in [0.25, 0.3) is 5.69 Å². The van der Waals surface area contributed by atoms with Gasteiger partial charge in [-0.2, -0.15) is 0 Å². The molecule has 2 rings (SSSR count). The van der Waals surface area contributed by atoms with E-state index in [1.807, 2.05) is 0 Å². The Kier molecular flexibility index (Phi) is 4.17. The van der Waals surface area contributed by atoms with E-state index in [0.29, 0.717) is 17.3 Å². The molecule has 0 fully saturated rings. The highest BCUT2D eigenvalue weighted by Crippen LogP contribution is 2.31. The number of nitrogens with zero attached hydrogens (tertiary/aromatic N) is 2. The van der Waals surface area contributed by atoms with Gasteiger partial charge in [-0.25, -0.2) is 0 Å². The van der Waals surface area contributed by atoms with Crippen LogP contribution in [-0.4, -0.2) is 15.9 Å². The first-order valence-electron chi connectivity index (χ1n) is 6.82. The first kappa shape index (κ1) is 14.2. The number of nitro benzene ring substituents is 1. The predicted molar refractivity (Wildman–Crippen MR) is 80.9 cm³/mol. The number of hydrogen-bond donors (Lipinski definition) is 1. The maximum atomic E-state index is 11.1. The van der Waals surface area contributed by atoms with E-state index in [2.05, 4.69) is 31.1 Å². The molecule has 0 radical (unpaired) electrons. The van der Waals surface area contributed by atoms with Gasteiger partial charge in [0.2, 0.25) is 0 Å². The summed E-state index contributed by atoms with van der Waals surface area (Å²) in [6, 6.07) is 5.30. The maximum Gasteiger partial charge on any atom is 0.277 e. The molecule has 0 bridgehead atoms. The molecule has 0 aliphatic heterocycles. The second kappa shape index (κ2) is 5.86. The molecule has 2 unspecified atom stereocenters. The minimum Gasteiger partial charge on any atom is -0.382 e. The highest BCUT2D eigenvalue weighted by Gasteiger charge is 2.16. The molecule has 0 amide bonds. The summed E-state index contributed by atoms with van der Waals surface area (Å²) in [7, 11) is 0. The molecule has 1 aromatic carbocycles. The monoisotopic (exact) mass is 273 g/mol. The van der Waals surface area contributed by atoms with Crippen molar-refractivity contribution in [1.29, 1.82) is 0 Å². The van der Waals surface area contributed by atoms with E-state index in [-0.39, 0.29) is 10.6 Å².